The van der Waals surface area contributed by atoms with Crippen LogP contribution in [0.2, 0.25) is 0 Å². The van der Waals surface area contributed by atoms with Crippen LogP contribution in [0.5, 0.6) is 0 Å². The Morgan fingerprint density at radius 2 is 2.22 bits per heavy atom. The highest BCUT2D eigenvalue weighted by Gasteiger charge is 2.00. The molecule has 3 heteroatoms. The van der Waals surface area contributed by atoms with E-state index in [1.165, 1.54) is 17.1 Å². The lowest BCUT2D eigenvalue weighted by atomic mass is 10.2. The molecule has 0 amide bonds. The number of nitrogens with zero attached hydrogens (tertiary/aromatic N) is 2. The second-order valence-electron chi connectivity index (χ2n) is 4.58. The van der Waals surface area contributed by atoms with Gasteiger partial charge in [0.15, 0.2) is 0 Å². The standard InChI is InChI=1S/C15H21N3/c1-3-5-15-17-9-11-18(15)10-8-16-14-7-4-6-13(2)12-14/h4,6-7,9,11-12,16H,3,5,8,10H2,1-2H3. The highest BCUT2D eigenvalue weighted by Crippen LogP contribution is 2.09. The third kappa shape index (κ3) is 3.36. The molecule has 0 aliphatic carbocycles. The first-order chi connectivity index (χ1) is 8.79. The van der Waals surface area contributed by atoms with Crippen LogP contribution in [0.15, 0.2) is 36.7 Å². The lowest BCUT2D eigenvalue weighted by Gasteiger charge is -2.10. The molecule has 2 rings (SSSR count). The van der Waals surface area contributed by atoms with Gasteiger partial charge in [-0.3, -0.25) is 0 Å². The number of anilines is 1. The Kier molecular flexibility index (Phi) is 4.40. The average molecular weight is 243 g/mol. The van der Waals surface area contributed by atoms with E-state index in [9.17, 15) is 0 Å². The molecule has 0 saturated carbocycles. The number of aryl methyl sites for hydroxylation is 2. The summed E-state index contributed by atoms with van der Waals surface area (Å²) in [6, 6.07) is 8.46. The first-order valence-electron chi connectivity index (χ1n) is 6.60. The summed E-state index contributed by atoms with van der Waals surface area (Å²) in [7, 11) is 0. The molecule has 0 aliphatic rings. The van der Waals surface area contributed by atoms with Gasteiger partial charge in [0.25, 0.3) is 0 Å². The maximum absolute atomic E-state index is 4.38. The molecule has 1 N–H and O–H groups in total. The van der Waals surface area contributed by atoms with Crippen molar-refractivity contribution >= 4 is 5.69 Å². The normalized spacial score (nSPS) is 10.6. The highest BCUT2D eigenvalue weighted by molar-refractivity contribution is 5.45. The van der Waals surface area contributed by atoms with E-state index in [0.29, 0.717) is 0 Å². The summed E-state index contributed by atoms with van der Waals surface area (Å²) >= 11 is 0. The molecule has 96 valence electrons. The van der Waals surface area contributed by atoms with Crippen molar-refractivity contribution in [1.82, 2.24) is 9.55 Å². The third-order valence-electron chi connectivity index (χ3n) is 2.98. The Balaban J connectivity index is 1.86. The molecule has 0 spiro atoms. The van der Waals surface area contributed by atoms with Gasteiger partial charge in [-0.1, -0.05) is 19.1 Å². The Morgan fingerprint density at radius 3 is 3.00 bits per heavy atom. The predicted molar refractivity (Wildman–Crippen MR) is 75.9 cm³/mol. The van der Waals surface area contributed by atoms with Crippen molar-refractivity contribution in [3.8, 4) is 0 Å². The molecule has 2 aromatic rings. The maximum Gasteiger partial charge on any atom is 0.108 e. The first-order valence-corrected chi connectivity index (χ1v) is 6.60. The number of aromatic nitrogens is 2. The van der Waals surface area contributed by atoms with Gasteiger partial charge in [-0.25, -0.2) is 4.98 Å². The maximum atomic E-state index is 4.38. The van der Waals surface area contributed by atoms with Gasteiger partial charge in [-0.15, -0.1) is 0 Å². The summed E-state index contributed by atoms with van der Waals surface area (Å²) < 4.78 is 2.23. The van der Waals surface area contributed by atoms with Crippen LogP contribution in [-0.2, 0) is 13.0 Å². The van der Waals surface area contributed by atoms with Crippen molar-refractivity contribution in [1.29, 1.82) is 0 Å². The van der Waals surface area contributed by atoms with Crippen LogP contribution in [0.25, 0.3) is 0 Å². The van der Waals surface area contributed by atoms with E-state index < -0.39 is 0 Å². The van der Waals surface area contributed by atoms with E-state index in [0.717, 1.165) is 25.9 Å². The predicted octanol–water partition coefficient (Wildman–Crippen LogP) is 3.26. The molecule has 0 saturated heterocycles. The SMILES string of the molecule is CCCc1nccn1CCNc1cccc(C)c1. The minimum atomic E-state index is 0.927. The number of benzene rings is 1. The fourth-order valence-electron chi connectivity index (χ4n) is 2.07. The Bertz CT molecular complexity index is 488. The summed E-state index contributed by atoms with van der Waals surface area (Å²) in [4.78, 5) is 4.38. The zero-order valence-corrected chi connectivity index (χ0v) is 11.2. The molecular formula is C15H21N3. The minimum absolute atomic E-state index is 0.927. The third-order valence-corrected chi connectivity index (χ3v) is 2.98. The molecule has 0 unspecified atom stereocenters. The molecule has 0 bridgehead atoms. The van der Waals surface area contributed by atoms with Crippen LogP contribution < -0.4 is 5.32 Å². The summed E-state index contributed by atoms with van der Waals surface area (Å²) in [5.74, 6) is 1.18. The van der Waals surface area contributed by atoms with E-state index >= 15 is 0 Å². The minimum Gasteiger partial charge on any atom is -0.383 e. The van der Waals surface area contributed by atoms with Crippen molar-refractivity contribution in [3.63, 3.8) is 0 Å². The van der Waals surface area contributed by atoms with E-state index in [1.54, 1.807) is 0 Å². The number of hydrogen-bond acceptors (Lipinski definition) is 2. The quantitative estimate of drug-likeness (QED) is 0.844. The fraction of sp³-hybridized carbons (Fsp3) is 0.400. The van der Waals surface area contributed by atoms with Gasteiger partial charge in [0.2, 0.25) is 0 Å². The molecule has 1 aromatic carbocycles. The topological polar surface area (TPSA) is 29.9 Å². The lowest BCUT2D eigenvalue weighted by molar-refractivity contribution is 0.663. The molecule has 0 aliphatic heterocycles. The van der Waals surface area contributed by atoms with Gasteiger partial charge >= 0.3 is 0 Å². The molecule has 0 radical (unpaired) electrons. The Morgan fingerprint density at radius 1 is 1.33 bits per heavy atom. The molecule has 0 fully saturated rings. The number of rotatable bonds is 6. The van der Waals surface area contributed by atoms with Crippen LogP contribution in [0.4, 0.5) is 5.69 Å². The largest absolute Gasteiger partial charge is 0.383 e. The van der Waals surface area contributed by atoms with Crippen LogP contribution in [0, 0.1) is 6.92 Å². The van der Waals surface area contributed by atoms with Gasteiger partial charge in [0, 0.05) is 37.6 Å². The second-order valence-corrected chi connectivity index (χ2v) is 4.58. The second kappa shape index (κ2) is 6.24. The van der Waals surface area contributed by atoms with E-state index in [2.05, 4.69) is 59.2 Å². The van der Waals surface area contributed by atoms with Gasteiger partial charge in [-0.05, 0) is 31.0 Å². The monoisotopic (exact) mass is 243 g/mol. The van der Waals surface area contributed by atoms with Crippen LogP contribution in [0.3, 0.4) is 0 Å². The van der Waals surface area contributed by atoms with Crippen molar-refractivity contribution in [2.75, 3.05) is 11.9 Å². The fourth-order valence-corrected chi connectivity index (χ4v) is 2.07. The van der Waals surface area contributed by atoms with Gasteiger partial charge in [0.1, 0.15) is 5.82 Å². The number of nitrogens with one attached hydrogen (secondary N) is 1. The molecule has 1 aromatic heterocycles. The van der Waals surface area contributed by atoms with Crippen LogP contribution >= 0.6 is 0 Å². The van der Waals surface area contributed by atoms with Crippen molar-refractivity contribution < 1.29 is 0 Å². The average Bonchev–Trinajstić information content (AvgIpc) is 2.78. The summed E-state index contributed by atoms with van der Waals surface area (Å²) in [5.41, 5.74) is 2.47. The first kappa shape index (κ1) is 12.7. The van der Waals surface area contributed by atoms with Gasteiger partial charge < -0.3 is 9.88 Å². The number of hydrogen-bond donors (Lipinski definition) is 1. The van der Waals surface area contributed by atoms with Gasteiger partial charge in [-0.2, -0.15) is 0 Å². The molecule has 1 heterocycles. The Labute approximate surface area is 109 Å². The van der Waals surface area contributed by atoms with Crippen molar-refractivity contribution in [3.05, 3.63) is 48.0 Å². The smallest absolute Gasteiger partial charge is 0.108 e. The Hall–Kier alpha value is -1.77. The van der Waals surface area contributed by atoms with Crippen molar-refractivity contribution in [2.24, 2.45) is 0 Å². The van der Waals surface area contributed by atoms with Crippen LogP contribution in [0.1, 0.15) is 24.7 Å². The van der Waals surface area contributed by atoms with Crippen LogP contribution in [-0.4, -0.2) is 16.1 Å². The number of imidazole rings is 1. The zero-order valence-electron chi connectivity index (χ0n) is 11.2. The summed E-state index contributed by atoms with van der Waals surface area (Å²) in [5, 5.41) is 3.44. The molecule has 18 heavy (non-hydrogen) atoms. The lowest BCUT2D eigenvalue weighted by Crippen LogP contribution is -2.12. The summed E-state index contributed by atoms with van der Waals surface area (Å²) in [6.07, 6.45) is 6.14. The summed E-state index contributed by atoms with van der Waals surface area (Å²) in [6.45, 7) is 6.18. The van der Waals surface area contributed by atoms with E-state index in [4.69, 9.17) is 0 Å². The molecule has 3 nitrogen and oxygen atoms in total. The highest BCUT2D eigenvalue weighted by atomic mass is 15.1. The van der Waals surface area contributed by atoms with Gasteiger partial charge in [0.05, 0.1) is 0 Å². The van der Waals surface area contributed by atoms with Crippen molar-refractivity contribution in [2.45, 2.75) is 33.2 Å². The molecular weight excluding hydrogens is 222 g/mol. The van der Waals surface area contributed by atoms with E-state index in [-0.39, 0.29) is 0 Å². The van der Waals surface area contributed by atoms with E-state index in [1.807, 2.05) is 6.20 Å². The zero-order chi connectivity index (χ0) is 12.8. The molecule has 0 atom stereocenters.